The molecule has 0 aromatic heterocycles. The Morgan fingerprint density at radius 3 is 2.26 bits per heavy atom. The van der Waals surface area contributed by atoms with Gasteiger partial charge in [-0.15, -0.1) is 0 Å². The molecule has 0 N–H and O–H groups in total. The molecule has 0 aliphatic carbocycles. The second kappa shape index (κ2) is 5.89. The molecule has 0 saturated heterocycles. The van der Waals surface area contributed by atoms with Gasteiger partial charge in [-0.3, -0.25) is 0 Å². The molecule has 0 amide bonds. The highest BCUT2D eigenvalue weighted by molar-refractivity contribution is 7.87. The molecule has 0 aliphatic heterocycles. The fraction of sp³-hybridized carbons (Fsp3) is 0.0526. The van der Waals surface area contributed by atoms with Gasteiger partial charge in [0.05, 0.1) is 0 Å². The maximum absolute atomic E-state index is 12.3. The largest absolute Gasteiger partial charge is 0.379 e. The summed E-state index contributed by atoms with van der Waals surface area (Å²) in [7, 11) is -3.88. The standard InChI is InChI=1S/C19H16O3S/c1-14-7-11-19(12-8-14)23(20,21)22-15(2)17-10-9-16-5-3-4-6-18(16)13-17/h3-13H,2H2,1H3. The number of hydrogen-bond acceptors (Lipinski definition) is 3. The quantitative estimate of drug-likeness (QED) is 0.523. The first kappa shape index (κ1) is 15.3. The van der Waals surface area contributed by atoms with Crippen LogP contribution in [0.25, 0.3) is 16.5 Å². The van der Waals surface area contributed by atoms with Crippen molar-refractivity contribution in [1.82, 2.24) is 0 Å². The first-order valence-corrected chi connectivity index (χ1v) is 8.56. The zero-order valence-electron chi connectivity index (χ0n) is 12.7. The van der Waals surface area contributed by atoms with Gasteiger partial charge in [0.2, 0.25) is 0 Å². The van der Waals surface area contributed by atoms with Crippen LogP contribution in [0, 0.1) is 6.92 Å². The van der Waals surface area contributed by atoms with E-state index in [2.05, 4.69) is 6.58 Å². The molecule has 0 saturated carbocycles. The van der Waals surface area contributed by atoms with Crippen LogP contribution in [-0.2, 0) is 14.3 Å². The normalized spacial score (nSPS) is 11.3. The highest BCUT2D eigenvalue weighted by Crippen LogP contribution is 2.24. The average molecular weight is 324 g/mol. The Hall–Kier alpha value is -2.59. The summed E-state index contributed by atoms with van der Waals surface area (Å²) in [5.74, 6) is 0.108. The number of rotatable bonds is 4. The van der Waals surface area contributed by atoms with E-state index >= 15 is 0 Å². The van der Waals surface area contributed by atoms with Crippen molar-refractivity contribution in [3.8, 4) is 0 Å². The molecule has 3 aromatic rings. The Morgan fingerprint density at radius 1 is 0.913 bits per heavy atom. The first-order chi connectivity index (χ1) is 11.0. The van der Waals surface area contributed by atoms with Gasteiger partial charge in [-0.2, -0.15) is 8.42 Å². The lowest BCUT2D eigenvalue weighted by Crippen LogP contribution is -2.05. The predicted octanol–water partition coefficient (Wildman–Crippen LogP) is 4.52. The number of hydrogen-bond donors (Lipinski definition) is 0. The van der Waals surface area contributed by atoms with Gasteiger partial charge in [0.25, 0.3) is 0 Å². The van der Waals surface area contributed by atoms with Gasteiger partial charge in [0.15, 0.2) is 0 Å². The Balaban J connectivity index is 1.88. The molecule has 3 rings (SSSR count). The molecule has 0 radical (unpaired) electrons. The topological polar surface area (TPSA) is 43.4 Å². The van der Waals surface area contributed by atoms with Crippen LogP contribution in [0.3, 0.4) is 0 Å². The summed E-state index contributed by atoms with van der Waals surface area (Å²) < 4.78 is 29.8. The monoisotopic (exact) mass is 324 g/mol. The molecule has 3 nitrogen and oxygen atoms in total. The fourth-order valence-electron chi connectivity index (χ4n) is 2.30. The minimum Gasteiger partial charge on any atom is -0.379 e. The van der Waals surface area contributed by atoms with Gasteiger partial charge in [0.1, 0.15) is 10.7 Å². The van der Waals surface area contributed by atoms with Crippen LogP contribution in [0.15, 0.2) is 78.2 Å². The van der Waals surface area contributed by atoms with E-state index < -0.39 is 10.1 Å². The Bertz CT molecular complexity index is 971. The van der Waals surface area contributed by atoms with E-state index in [9.17, 15) is 8.42 Å². The third kappa shape index (κ3) is 3.27. The highest BCUT2D eigenvalue weighted by atomic mass is 32.2. The molecule has 0 heterocycles. The summed E-state index contributed by atoms with van der Waals surface area (Å²) in [5, 5.41) is 2.08. The third-order valence-electron chi connectivity index (χ3n) is 3.59. The lowest BCUT2D eigenvalue weighted by atomic mass is 10.1. The van der Waals surface area contributed by atoms with Crippen LogP contribution in [0.5, 0.6) is 0 Å². The van der Waals surface area contributed by atoms with Crippen LogP contribution < -0.4 is 0 Å². The molecule has 0 aliphatic rings. The van der Waals surface area contributed by atoms with Crippen molar-refractivity contribution in [3.63, 3.8) is 0 Å². The molecule has 116 valence electrons. The summed E-state index contributed by atoms with van der Waals surface area (Å²) in [6, 6.07) is 19.9. The van der Waals surface area contributed by atoms with E-state index in [-0.39, 0.29) is 10.7 Å². The van der Waals surface area contributed by atoms with E-state index in [4.69, 9.17) is 4.18 Å². The summed E-state index contributed by atoms with van der Waals surface area (Å²) in [4.78, 5) is 0.116. The molecule has 0 spiro atoms. The van der Waals surface area contributed by atoms with E-state index in [0.29, 0.717) is 5.56 Å². The van der Waals surface area contributed by atoms with Gasteiger partial charge in [-0.05, 0) is 35.9 Å². The third-order valence-corrected chi connectivity index (χ3v) is 4.86. The second-order valence-corrected chi connectivity index (χ2v) is 6.88. The zero-order chi connectivity index (χ0) is 16.4. The minimum absolute atomic E-state index is 0.108. The number of aryl methyl sites for hydroxylation is 1. The molecular formula is C19H16O3S. The zero-order valence-corrected chi connectivity index (χ0v) is 13.5. The number of benzene rings is 3. The van der Waals surface area contributed by atoms with Crippen LogP contribution in [-0.4, -0.2) is 8.42 Å². The molecule has 0 bridgehead atoms. The minimum atomic E-state index is -3.88. The first-order valence-electron chi connectivity index (χ1n) is 7.15. The Morgan fingerprint density at radius 2 is 1.57 bits per heavy atom. The summed E-state index contributed by atoms with van der Waals surface area (Å²) in [6.45, 7) is 5.65. The van der Waals surface area contributed by atoms with Crippen molar-refractivity contribution in [2.24, 2.45) is 0 Å². The maximum atomic E-state index is 12.3. The molecular weight excluding hydrogens is 308 g/mol. The van der Waals surface area contributed by atoms with E-state index in [0.717, 1.165) is 16.3 Å². The van der Waals surface area contributed by atoms with E-state index in [1.54, 1.807) is 18.2 Å². The summed E-state index contributed by atoms with van der Waals surface area (Å²) in [6.07, 6.45) is 0. The van der Waals surface area contributed by atoms with Gasteiger partial charge < -0.3 is 4.18 Å². The molecule has 23 heavy (non-hydrogen) atoms. The van der Waals surface area contributed by atoms with Gasteiger partial charge in [-0.25, -0.2) is 0 Å². The molecule has 4 heteroatoms. The lowest BCUT2D eigenvalue weighted by molar-refractivity contribution is 0.464. The average Bonchev–Trinajstić information content (AvgIpc) is 2.54. The van der Waals surface area contributed by atoms with E-state index in [1.807, 2.05) is 43.3 Å². The van der Waals surface area contributed by atoms with Crippen LogP contribution in [0.2, 0.25) is 0 Å². The molecule has 0 fully saturated rings. The van der Waals surface area contributed by atoms with Crippen LogP contribution in [0.1, 0.15) is 11.1 Å². The molecule has 0 unspecified atom stereocenters. The van der Waals surface area contributed by atoms with Crippen LogP contribution in [0.4, 0.5) is 0 Å². The van der Waals surface area contributed by atoms with Crippen molar-refractivity contribution >= 4 is 26.6 Å². The lowest BCUT2D eigenvalue weighted by Gasteiger charge is -2.10. The Labute approximate surface area is 136 Å². The molecule has 0 atom stereocenters. The molecule has 3 aromatic carbocycles. The number of fused-ring (bicyclic) bond motifs is 1. The van der Waals surface area contributed by atoms with Crippen molar-refractivity contribution in [3.05, 3.63) is 84.4 Å². The summed E-state index contributed by atoms with van der Waals surface area (Å²) >= 11 is 0. The van der Waals surface area contributed by atoms with E-state index in [1.165, 1.54) is 12.1 Å². The van der Waals surface area contributed by atoms with Crippen molar-refractivity contribution in [2.75, 3.05) is 0 Å². The fourth-order valence-corrected chi connectivity index (χ4v) is 3.22. The van der Waals surface area contributed by atoms with Gasteiger partial charge in [-0.1, -0.05) is 60.7 Å². The highest BCUT2D eigenvalue weighted by Gasteiger charge is 2.17. The van der Waals surface area contributed by atoms with Crippen molar-refractivity contribution in [2.45, 2.75) is 11.8 Å². The van der Waals surface area contributed by atoms with Crippen molar-refractivity contribution in [1.29, 1.82) is 0 Å². The van der Waals surface area contributed by atoms with Gasteiger partial charge >= 0.3 is 10.1 Å². The smallest absolute Gasteiger partial charge is 0.339 e. The Kier molecular flexibility index (Phi) is 3.92. The van der Waals surface area contributed by atoms with Gasteiger partial charge in [0, 0.05) is 5.56 Å². The SMILES string of the molecule is C=C(OS(=O)(=O)c1ccc(C)cc1)c1ccc2ccccc2c1. The van der Waals surface area contributed by atoms with Crippen LogP contribution >= 0.6 is 0 Å². The second-order valence-electron chi connectivity index (χ2n) is 5.34. The predicted molar refractivity (Wildman–Crippen MR) is 92.4 cm³/mol. The summed E-state index contributed by atoms with van der Waals surface area (Å²) in [5.41, 5.74) is 1.62. The van der Waals surface area contributed by atoms with Crippen molar-refractivity contribution < 1.29 is 12.6 Å². The maximum Gasteiger partial charge on any atom is 0.339 e.